The summed E-state index contributed by atoms with van der Waals surface area (Å²) < 4.78 is 51.6. The summed E-state index contributed by atoms with van der Waals surface area (Å²) in [4.78, 5) is 27.4. The standard InChI is InChI=1S/C43H48O22/c1-16-29(48)33(52)36(55)41(59-16)61-21-13-23(46)28-25(14-21)62-38(19-7-10-22(45)24(12-19)57-3)39(32(28)51)64-43-40(65-42-37(56)34(53)30(49)17(2)60-42)35(54)31(50)26(63-43)15-58-27(47)11-6-18-4-8-20(44)9-5-18/h4-14,16-17,26,29-31,33-37,40-46,48-50,52-56H,15H2,1-3H3/b11-6+/t16?,17?,26?,29-,30-,31+,33?,34?,35?,36-,37-,40-,41-,42?,43-/m0/s1. The van der Waals surface area contributed by atoms with Crippen molar-refractivity contribution in [2.45, 2.75) is 106 Å². The predicted molar refractivity (Wildman–Crippen MR) is 217 cm³/mol. The van der Waals surface area contributed by atoms with E-state index >= 15 is 0 Å². The molecule has 1 aromatic heterocycles. The van der Waals surface area contributed by atoms with Crippen LogP contribution in [0.2, 0.25) is 0 Å². The van der Waals surface area contributed by atoms with Gasteiger partial charge in [-0.25, -0.2) is 4.79 Å². The molecule has 65 heavy (non-hydrogen) atoms. The van der Waals surface area contributed by atoms with Gasteiger partial charge in [0.2, 0.25) is 23.8 Å². The first-order valence-corrected chi connectivity index (χ1v) is 20.1. The van der Waals surface area contributed by atoms with Gasteiger partial charge < -0.3 is 98.5 Å². The van der Waals surface area contributed by atoms with Crippen LogP contribution in [-0.2, 0) is 28.5 Å². The maximum Gasteiger partial charge on any atom is 0.330 e. The molecule has 0 amide bonds. The van der Waals surface area contributed by atoms with Gasteiger partial charge in [0.25, 0.3) is 0 Å². The number of ether oxygens (including phenoxy) is 8. The van der Waals surface area contributed by atoms with Gasteiger partial charge in [-0.15, -0.1) is 0 Å². The van der Waals surface area contributed by atoms with Crippen LogP contribution in [0.25, 0.3) is 28.4 Å². The Labute approximate surface area is 367 Å². The van der Waals surface area contributed by atoms with E-state index < -0.39 is 133 Å². The predicted octanol–water partition coefficient (Wildman–Crippen LogP) is -0.913. The van der Waals surface area contributed by atoms with Crippen molar-refractivity contribution in [1.29, 1.82) is 0 Å². The van der Waals surface area contributed by atoms with Crippen LogP contribution in [-0.4, -0.2) is 168 Å². The Kier molecular flexibility index (Phi) is 14.2. The molecule has 11 N–H and O–H groups in total. The molecule has 0 radical (unpaired) electrons. The number of hydrogen-bond acceptors (Lipinski definition) is 22. The molecule has 3 aliphatic rings. The van der Waals surface area contributed by atoms with Gasteiger partial charge in [0.15, 0.2) is 29.7 Å². The van der Waals surface area contributed by atoms with Crippen molar-refractivity contribution in [1.82, 2.24) is 0 Å². The lowest BCUT2D eigenvalue weighted by atomic mass is 9.97. The second kappa shape index (κ2) is 19.5. The molecular formula is C43H48O22. The summed E-state index contributed by atoms with van der Waals surface area (Å²) >= 11 is 0. The van der Waals surface area contributed by atoms with Crippen LogP contribution in [0, 0.1) is 0 Å². The Bertz CT molecular complexity index is 2400. The third kappa shape index (κ3) is 9.84. The van der Waals surface area contributed by atoms with Crippen LogP contribution < -0.4 is 19.6 Å². The zero-order valence-electron chi connectivity index (χ0n) is 34.6. The lowest BCUT2D eigenvalue weighted by Gasteiger charge is -2.45. The second-order valence-electron chi connectivity index (χ2n) is 15.6. The van der Waals surface area contributed by atoms with Gasteiger partial charge in [-0.1, -0.05) is 12.1 Å². The first-order valence-electron chi connectivity index (χ1n) is 20.1. The third-order valence-corrected chi connectivity index (χ3v) is 11.1. The van der Waals surface area contributed by atoms with Crippen LogP contribution in [0.4, 0.5) is 0 Å². The number of carbonyl (C=O) groups is 1. The maximum atomic E-state index is 14.6. The molecule has 4 heterocycles. The molecule has 7 rings (SSSR count). The van der Waals surface area contributed by atoms with Crippen molar-refractivity contribution in [3.05, 3.63) is 76.5 Å². The molecule has 3 aliphatic heterocycles. The Morgan fingerprint density at radius 2 is 1.34 bits per heavy atom. The molecule has 352 valence electrons. The molecular weight excluding hydrogens is 868 g/mol. The molecule has 7 unspecified atom stereocenters. The van der Waals surface area contributed by atoms with Crippen molar-refractivity contribution < 1.29 is 103 Å². The summed E-state index contributed by atoms with van der Waals surface area (Å²) in [7, 11) is 1.24. The summed E-state index contributed by atoms with van der Waals surface area (Å²) in [5, 5.41) is 116. The Morgan fingerprint density at radius 1 is 0.692 bits per heavy atom. The molecule has 22 nitrogen and oxygen atoms in total. The normalized spacial score (nSPS) is 32.9. The van der Waals surface area contributed by atoms with Crippen molar-refractivity contribution in [3.8, 4) is 45.8 Å². The summed E-state index contributed by atoms with van der Waals surface area (Å²) in [5.74, 6) is -3.58. The minimum absolute atomic E-state index is 0.00258. The number of fused-ring (bicyclic) bond motifs is 1. The van der Waals surface area contributed by atoms with Gasteiger partial charge in [-0.3, -0.25) is 4.79 Å². The highest BCUT2D eigenvalue weighted by molar-refractivity contribution is 5.89. The van der Waals surface area contributed by atoms with Gasteiger partial charge in [0.1, 0.15) is 89.8 Å². The van der Waals surface area contributed by atoms with Crippen molar-refractivity contribution in [2.75, 3.05) is 13.7 Å². The zero-order valence-corrected chi connectivity index (χ0v) is 34.6. The fourth-order valence-corrected chi connectivity index (χ4v) is 7.33. The second-order valence-corrected chi connectivity index (χ2v) is 15.6. The number of phenols is 3. The van der Waals surface area contributed by atoms with Gasteiger partial charge in [-0.2, -0.15) is 0 Å². The number of hydrogen-bond donors (Lipinski definition) is 11. The van der Waals surface area contributed by atoms with E-state index in [1.165, 1.54) is 69.5 Å². The molecule has 15 atom stereocenters. The molecule has 3 saturated heterocycles. The summed E-state index contributed by atoms with van der Waals surface area (Å²) in [6.07, 6.45) is -22.9. The van der Waals surface area contributed by atoms with Gasteiger partial charge in [-0.05, 0) is 55.8 Å². The smallest absolute Gasteiger partial charge is 0.330 e. The average molecular weight is 917 g/mol. The van der Waals surface area contributed by atoms with Gasteiger partial charge in [0, 0.05) is 23.8 Å². The fourth-order valence-electron chi connectivity index (χ4n) is 7.33. The highest BCUT2D eigenvalue weighted by atomic mass is 16.8. The number of aliphatic hydroxyl groups excluding tert-OH is 8. The first-order chi connectivity index (χ1) is 30.9. The first kappa shape index (κ1) is 47.4. The number of esters is 1. The molecule has 0 spiro atoms. The van der Waals surface area contributed by atoms with E-state index in [1.54, 1.807) is 0 Å². The van der Waals surface area contributed by atoms with E-state index in [4.69, 9.17) is 42.3 Å². The van der Waals surface area contributed by atoms with E-state index in [0.29, 0.717) is 5.56 Å². The Morgan fingerprint density at radius 3 is 2.00 bits per heavy atom. The lowest BCUT2D eigenvalue weighted by Crippen LogP contribution is -2.64. The van der Waals surface area contributed by atoms with Crippen LogP contribution in [0.15, 0.2) is 69.9 Å². The summed E-state index contributed by atoms with van der Waals surface area (Å²) in [5.41, 5.74) is -0.954. The molecule has 22 heteroatoms. The topological polar surface area (TPSA) is 344 Å². The number of benzene rings is 3. The lowest BCUT2D eigenvalue weighted by molar-refractivity contribution is -0.354. The molecule has 4 aromatic rings. The minimum atomic E-state index is -2.06. The average Bonchev–Trinajstić information content (AvgIpc) is 3.28. The summed E-state index contributed by atoms with van der Waals surface area (Å²) in [6, 6.07) is 11.6. The van der Waals surface area contributed by atoms with Gasteiger partial charge in [0.05, 0.1) is 19.3 Å². The van der Waals surface area contributed by atoms with Crippen LogP contribution in [0.3, 0.4) is 0 Å². The van der Waals surface area contributed by atoms with Crippen molar-refractivity contribution in [3.63, 3.8) is 0 Å². The Balaban J connectivity index is 1.27. The zero-order chi connectivity index (χ0) is 47.0. The van der Waals surface area contributed by atoms with Crippen molar-refractivity contribution >= 4 is 23.0 Å². The van der Waals surface area contributed by atoms with Gasteiger partial charge >= 0.3 is 5.97 Å². The van der Waals surface area contributed by atoms with E-state index in [-0.39, 0.29) is 34.1 Å². The minimum Gasteiger partial charge on any atom is -0.508 e. The van der Waals surface area contributed by atoms with E-state index in [0.717, 1.165) is 18.2 Å². The number of aliphatic hydroxyl groups is 8. The largest absolute Gasteiger partial charge is 0.508 e. The molecule has 0 bridgehead atoms. The highest BCUT2D eigenvalue weighted by Gasteiger charge is 2.52. The summed E-state index contributed by atoms with van der Waals surface area (Å²) in [6.45, 7) is 2.04. The fraction of sp³-hybridized carbons (Fsp3) is 0.442. The number of aromatic hydroxyl groups is 3. The molecule has 0 aliphatic carbocycles. The molecule has 3 fully saturated rings. The number of rotatable bonds is 12. The van der Waals surface area contributed by atoms with Crippen LogP contribution in [0.1, 0.15) is 19.4 Å². The van der Waals surface area contributed by atoms with E-state index in [9.17, 15) is 65.8 Å². The van der Waals surface area contributed by atoms with E-state index in [1.807, 2.05) is 0 Å². The SMILES string of the molecule is COc1cc(-c2oc3cc(O[C@@H]4OC(C)[C@H](O)C(O)[C@@H]4O)cc(O)c3c(=O)c2O[C@@H]2OC(COC(=O)/C=C/c3ccc(O)cc3)[C@@H](O)C(O)[C@@H]2OC2OC(C)[C@H](O)C(O)[C@@H]2O)ccc1O. The number of carbonyl (C=O) groups excluding carboxylic acids is 1. The number of phenolic OH excluding ortho intramolecular Hbond substituents is 3. The highest BCUT2D eigenvalue weighted by Crippen LogP contribution is 2.41. The molecule has 3 aromatic carbocycles. The van der Waals surface area contributed by atoms with Crippen molar-refractivity contribution in [2.24, 2.45) is 0 Å². The van der Waals surface area contributed by atoms with E-state index in [2.05, 4.69) is 0 Å². The maximum absolute atomic E-state index is 14.6. The van der Waals surface area contributed by atoms with Crippen LogP contribution in [0.5, 0.6) is 34.5 Å². The Hall–Kier alpha value is -5.60. The third-order valence-electron chi connectivity index (χ3n) is 11.1. The quantitative estimate of drug-likeness (QED) is 0.0605. The number of methoxy groups -OCH3 is 1. The molecule has 0 saturated carbocycles. The van der Waals surface area contributed by atoms with Crippen LogP contribution >= 0.6 is 0 Å². The monoisotopic (exact) mass is 916 g/mol.